The Labute approximate surface area is 106 Å². The smallest absolute Gasteiger partial charge is 0.243 e. The molecular formula is C13H17FN2O2. The Morgan fingerprint density at radius 1 is 1.56 bits per heavy atom. The van der Waals surface area contributed by atoms with Crippen LogP contribution in [0.1, 0.15) is 19.8 Å². The minimum Gasteiger partial charge on any atom is -0.491 e. The van der Waals surface area contributed by atoms with Crippen molar-refractivity contribution in [1.82, 2.24) is 0 Å². The van der Waals surface area contributed by atoms with Gasteiger partial charge in [0.25, 0.3) is 0 Å². The number of nitrogens with zero attached hydrogens (tertiary/aromatic N) is 1. The average Bonchev–Trinajstić information content (AvgIpc) is 2.35. The number of amides is 1. The molecule has 0 aromatic heterocycles. The zero-order chi connectivity index (χ0) is 13.1. The molecule has 18 heavy (non-hydrogen) atoms. The van der Waals surface area contributed by atoms with Gasteiger partial charge >= 0.3 is 0 Å². The number of hydrogen-bond acceptors (Lipinski definition) is 3. The maximum Gasteiger partial charge on any atom is 0.243 e. The third-order valence-corrected chi connectivity index (χ3v) is 3.01. The highest BCUT2D eigenvalue weighted by atomic mass is 19.1. The number of anilines is 1. The minimum atomic E-state index is -0.478. The molecule has 1 saturated heterocycles. The Morgan fingerprint density at radius 2 is 2.33 bits per heavy atom. The number of carbonyl (C=O) groups is 1. The van der Waals surface area contributed by atoms with Gasteiger partial charge in [0.1, 0.15) is 0 Å². The van der Waals surface area contributed by atoms with Gasteiger partial charge in [0.2, 0.25) is 5.91 Å². The monoisotopic (exact) mass is 252 g/mol. The first-order valence-corrected chi connectivity index (χ1v) is 6.12. The number of piperidine rings is 1. The van der Waals surface area contributed by atoms with Crippen LogP contribution in [0.4, 0.5) is 10.1 Å². The first kappa shape index (κ1) is 12.8. The zero-order valence-corrected chi connectivity index (χ0v) is 10.4. The van der Waals surface area contributed by atoms with Crippen LogP contribution in [-0.4, -0.2) is 25.1 Å². The van der Waals surface area contributed by atoms with Gasteiger partial charge in [-0.25, -0.2) is 4.39 Å². The van der Waals surface area contributed by atoms with Crippen molar-refractivity contribution in [1.29, 1.82) is 0 Å². The van der Waals surface area contributed by atoms with Gasteiger partial charge in [-0.2, -0.15) is 0 Å². The molecular weight excluding hydrogens is 235 g/mol. The Bertz CT molecular complexity index is 451. The summed E-state index contributed by atoms with van der Waals surface area (Å²) in [7, 11) is 0. The van der Waals surface area contributed by atoms with E-state index in [4.69, 9.17) is 10.5 Å². The summed E-state index contributed by atoms with van der Waals surface area (Å²) in [5.74, 6) is -0.402. The quantitative estimate of drug-likeness (QED) is 0.890. The van der Waals surface area contributed by atoms with Crippen LogP contribution in [0.25, 0.3) is 0 Å². The highest BCUT2D eigenvalue weighted by Gasteiger charge is 2.27. The maximum atomic E-state index is 13.7. The van der Waals surface area contributed by atoms with Gasteiger partial charge in [0.15, 0.2) is 11.6 Å². The Morgan fingerprint density at radius 3 is 3.00 bits per heavy atom. The first-order chi connectivity index (χ1) is 8.63. The van der Waals surface area contributed by atoms with Gasteiger partial charge in [-0.1, -0.05) is 0 Å². The van der Waals surface area contributed by atoms with Crippen LogP contribution < -0.4 is 15.4 Å². The van der Waals surface area contributed by atoms with E-state index in [9.17, 15) is 9.18 Å². The number of halogens is 1. The molecule has 1 heterocycles. The van der Waals surface area contributed by atoms with Gasteiger partial charge in [0.05, 0.1) is 12.6 Å². The molecule has 2 rings (SSSR count). The molecule has 98 valence electrons. The van der Waals surface area contributed by atoms with Crippen molar-refractivity contribution in [3.8, 4) is 5.75 Å². The minimum absolute atomic E-state index is 0.148. The standard InChI is InChI=1S/C13H17FN2O2/c1-2-18-12-6-5-9(8-10(12)14)16-7-3-4-11(15)13(16)17/h5-6,8,11H,2-4,7,15H2,1H3. The van der Waals surface area contributed by atoms with Crippen LogP contribution in [0.2, 0.25) is 0 Å². The second-order valence-corrected chi connectivity index (χ2v) is 4.29. The van der Waals surface area contributed by atoms with E-state index in [2.05, 4.69) is 0 Å². The topological polar surface area (TPSA) is 55.6 Å². The van der Waals surface area contributed by atoms with Gasteiger partial charge < -0.3 is 15.4 Å². The van der Waals surface area contributed by atoms with Crippen LogP contribution in [-0.2, 0) is 4.79 Å². The third kappa shape index (κ3) is 2.46. The number of hydrogen-bond donors (Lipinski definition) is 1. The molecule has 5 heteroatoms. The van der Waals surface area contributed by atoms with Crippen molar-refractivity contribution in [3.05, 3.63) is 24.0 Å². The molecule has 1 atom stereocenters. The second-order valence-electron chi connectivity index (χ2n) is 4.29. The largest absolute Gasteiger partial charge is 0.491 e. The highest BCUT2D eigenvalue weighted by molar-refractivity contribution is 5.97. The average molecular weight is 252 g/mol. The molecule has 0 spiro atoms. The van der Waals surface area contributed by atoms with Crippen molar-refractivity contribution in [2.75, 3.05) is 18.1 Å². The lowest BCUT2D eigenvalue weighted by molar-refractivity contribution is -0.120. The molecule has 0 saturated carbocycles. The van der Waals surface area contributed by atoms with Crippen molar-refractivity contribution in [2.24, 2.45) is 5.73 Å². The fourth-order valence-electron chi connectivity index (χ4n) is 2.09. The van der Waals surface area contributed by atoms with E-state index >= 15 is 0 Å². The molecule has 1 unspecified atom stereocenters. The van der Waals surface area contributed by atoms with E-state index in [-0.39, 0.29) is 11.7 Å². The van der Waals surface area contributed by atoms with E-state index in [1.165, 1.54) is 11.0 Å². The molecule has 4 nitrogen and oxygen atoms in total. The molecule has 1 aliphatic heterocycles. The van der Waals surface area contributed by atoms with Gasteiger partial charge in [-0.15, -0.1) is 0 Å². The molecule has 1 aliphatic rings. The fourth-order valence-corrected chi connectivity index (χ4v) is 2.09. The molecule has 1 aromatic rings. The summed E-state index contributed by atoms with van der Waals surface area (Å²) in [5, 5.41) is 0. The number of carbonyl (C=O) groups excluding carboxylic acids is 1. The van der Waals surface area contributed by atoms with Crippen molar-refractivity contribution in [2.45, 2.75) is 25.8 Å². The molecule has 1 amide bonds. The van der Waals surface area contributed by atoms with E-state index < -0.39 is 11.9 Å². The van der Waals surface area contributed by atoms with Gasteiger partial charge in [-0.05, 0) is 31.9 Å². The lowest BCUT2D eigenvalue weighted by atomic mass is 10.0. The summed E-state index contributed by atoms with van der Waals surface area (Å²) in [5.41, 5.74) is 6.25. The molecule has 1 fully saturated rings. The summed E-state index contributed by atoms with van der Waals surface area (Å²) < 4.78 is 18.8. The van der Waals surface area contributed by atoms with Crippen molar-refractivity contribution < 1.29 is 13.9 Å². The van der Waals surface area contributed by atoms with Gasteiger partial charge in [-0.3, -0.25) is 4.79 Å². The zero-order valence-electron chi connectivity index (χ0n) is 10.4. The Kier molecular flexibility index (Phi) is 3.81. The maximum absolute atomic E-state index is 13.7. The number of ether oxygens (including phenoxy) is 1. The molecule has 0 bridgehead atoms. The van der Waals surface area contributed by atoms with E-state index in [0.717, 1.165) is 6.42 Å². The van der Waals surface area contributed by atoms with Crippen LogP contribution in [0.3, 0.4) is 0 Å². The summed E-state index contributed by atoms with van der Waals surface area (Å²) in [6, 6.07) is 4.07. The van der Waals surface area contributed by atoms with Gasteiger partial charge in [0, 0.05) is 18.3 Å². The van der Waals surface area contributed by atoms with E-state index in [1.807, 2.05) is 0 Å². The predicted octanol–water partition coefficient (Wildman–Crippen LogP) is 1.68. The number of rotatable bonds is 3. The lowest BCUT2D eigenvalue weighted by Gasteiger charge is -2.30. The number of nitrogens with two attached hydrogens (primary N) is 1. The highest BCUT2D eigenvalue weighted by Crippen LogP contribution is 2.26. The normalized spacial score (nSPS) is 20.1. The van der Waals surface area contributed by atoms with E-state index in [1.54, 1.807) is 19.1 Å². The van der Waals surface area contributed by atoms with Crippen LogP contribution in [0.5, 0.6) is 5.75 Å². The summed E-state index contributed by atoms with van der Waals surface area (Å²) in [6.45, 7) is 2.78. The molecule has 0 radical (unpaired) electrons. The third-order valence-electron chi connectivity index (χ3n) is 3.01. The lowest BCUT2D eigenvalue weighted by Crippen LogP contribution is -2.48. The van der Waals surface area contributed by atoms with Crippen LogP contribution >= 0.6 is 0 Å². The Balaban J connectivity index is 2.23. The van der Waals surface area contributed by atoms with Crippen LogP contribution in [0, 0.1) is 5.82 Å². The Hall–Kier alpha value is -1.62. The second kappa shape index (κ2) is 5.35. The number of benzene rings is 1. The summed E-state index contributed by atoms with van der Waals surface area (Å²) in [6.07, 6.45) is 1.52. The summed E-state index contributed by atoms with van der Waals surface area (Å²) >= 11 is 0. The van der Waals surface area contributed by atoms with Crippen molar-refractivity contribution >= 4 is 11.6 Å². The molecule has 1 aromatic carbocycles. The fraction of sp³-hybridized carbons (Fsp3) is 0.462. The SMILES string of the molecule is CCOc1ccc(N2CCCC(N)C2=O)cc1F. The summed E-state index contributed by atoms with van der Waals surface area (Å²) in [4.78, 5) is 13.4. The van der Waals surface area contributed by atoms with E-state index in [0.29, 0.717) is 25.3 Å². The first-order valence-electron chi connectivity index (χ1n) is 6.12. The predicted molar refractivity (Wildman–Crippen MR) is 67.1 cm³/mol. The van der Waals surface area contributed by atoms with Crippen molar-refractivity contribution in [3.63, 3.8) is 0 Å². The van der Waals surface area contributed by atoms with Crippen LogP contribution in [0.15, 0.2) is 18.2 Å². The molecule has 2 N–H and O–H groups in total. The molecule has 0 aliphatic carbocycles.